The smallest absolute Gasteiger partial charge is 0.352 e. The van der Waals surface area contributed by atoms with Crippen LogP contribution in [0.15, 0.2) is 82.4 Å². The van der Waals surface area contributed by atoms with Crippen molar-refractivity contribution in [3.05, 3.63) is 116 Å². The van der Waals surface area contributed by atoms with Gasteiger partial charge < -0.3 is 14.4 Å². The van der Waals surface area contributed by atoms with E-state index in [1.54, 1.807) is 25.2 Å². The van der Waals surface area contributed by atoms with Gasteiger partial charge in [0, 0.05) is 19.7 Å². The van der Waals surface area contributed by atoms with E-state index in [2.05, 4.69) is 5.10 Å². The third kappa shape index (κ3) is 5.30. The van der Waals surface area contributed by atoms with Crippen LogP contribution in [0.25, 0.3) is 5.69 Å². The number of nitrogens with zero attached hydrogens (tertiary/aromatic N) is 4. The summed E-state index contributed by atoms with van der Waals surface area (Å²) in [6.45, 7) is 2.16. The number of hydrogen-bond acceptors (Lipinski definition) is 6. The van der Waals surface area contributed by atoms with Gasteiger partial charge in [-0.3, -0.25) is 14.2 Å². The SMILES string of the molecule is COc1ccc(-n2nc(C(=O)N(C)Cc3ccccc3)c(=O)n(Cc3ccccc3C)c2=O)cc1OC. The Balaban J connectivity index is 1.87. The lowest BCUT2D eigenvalue weighted by molar-refractivity contribution is 0.0773. The fraction of sp³-hybridized carbons (Fsp3) is 0.214. The van der Waals surface area contributed by atoms with Gasteiger partial charge >= 0.3 is 5.69 Å². The summed E-state index contributed by atoms with van der Waals surface area (Å²) in [5, 5.41) is 4.24. The summed E-state index contributed by atoms with van der Waals surface area (Å²) in [6.07, 6.45) is 0. The zero-order chi connectivity index (χ0) is 26.5. The highest BCUT2D eigenvalue weighted by Crippen LogP contribution is 2.28. The van der Waals surface area contributed by atoms with Gasteiger partial charge in [-0.25, -0.2) is 4.79 Å². The Bertz CT molecular complexity index is 1540. The predicted molar refractivity (Wildman–Crippen MR) is 140 cm³/mol. The summed E-state index contributed by atoms with van der Waals surface area (Å²) < 4.78 is 12.8. The molecule has 0 radical (unpaired) electrons. The molecule has 4 rings (SSSR count). The Hall–Kier alpha value is -4.66. The van der Waals surface area contributed by atoms with E-state index in [9.17, 15) is 14.4 Å². The maximum atomic E-state index is 13.6. The number of methoxy groups -OCH3 is 2. The number of amides is 1. The molecule has 0 aliphatic rings. The van der Waals surface area contributed by atoms with Crippen LogP contribution >= 0.6 is 0 Å². The molecule has 37 heavy (non-hydrogen) atoms. The van der Waals surface area contributed by atoms with E-state index < -0.39 is 17.2 Å². The Morgan fingerprint density at radius 1 is 0.919 bits per heavy atom. The van der Waals surface area contributed by atoms with E-state index in [4.69, 9.17) is 9.47 Å². The Morgan fingerprint density at radius 2 is 1.59 bits per heavy atom. The number of ether oxygens (including phenoxy) is 2. The molecule has 9 nitrogen and oxygen atoms in total. The zero-order valence-electron chi connectivity index (χ0n) is 21.2. The van der Waals surface area contributed by atoms with Crippen molar-refractivity contribution < 1.29 is 14.3 Å². The normalized spacial score (nSPS) is 10.7. The second-order valence-corrected chi connectivity index (χ2v) is 8.55. The largest absolute Gasteiger partial charge is 0.493 e. The van der Waals surface area contributed by atoms with Crippen LogP contribution in [0.1, 0.15) is 27.2 Å². The van der Waals surface area contributed by atoms with E-state index in [0.717, 1.165) is 25.9 Å². The molecule has 1 aromatic heterocycles. The average molecular weight is 501 g/mol. The molecule has 3 aromatic carbocycles. The van der Waals surface area contributed by atoms with E-state index in [0.29, 0.717) is 17.2 Å². The van der Waals surface area contributed by atoms with Crippen LogP contribution < -0.4 is 20.7 Å². The average Bonchev–Trinajstić information content (AvgIpc) is 2.92. The van der Waals surface area contributed by atoms with Gasteiger partial charge in [-0.1, -0.05) is 54.6 Å². The third-order valence-electron chi connectivity index (χ3n) is 6.07. The third-order valence-corrected chi connectivity index (χ3v) is 6.07. The summed E-state index contributed by atoms with van der Waals surface area (Å²) >= 11 is 0. The highest BCUT2D eigenvalue weighted by atomic mass is 16.5. The van der Waals surface area contributed by atoms with Gasteiger partial charge in [-0.05, 0) is 35.7 Å². The first kappa shape index (κ1) is 25.4. The van der Waals surface area contributed by atoms with Gasteiger partial charge in [0.1, 0.15) is 0 Å². The Labute approximate surface area is 214 Å². The molecule has 0 fully saturated rings. The molecular weight excluding hydrogens is 472 g/mol. The van der Waals surface area contributed by atoms with Crippen LogP contribution in [0, 0.1) is 6.92 Å². The van der Waals surface area contributed by atoms with Crippen molar-refractivity contribution in [1.82, 2.24) is 19.2 Å². The molecule has 0 aliphatic carbocycles. The molecule has 4 aromatic rings. The van der Waals surface area contributed by atoms with Crippen molar-refractivity contribution in [1.29, 1.82) is 0 Å². The molecule has 0 spiro atoms. The van der Waals surface area contributed by atoms with Crippen LogP contribution in [-0.2, 0) is 13.1 Å². The van der Waals surface area contributed by atoms with Crippen molar-refractivity contribution in [2.75, 3.05) is 21.3 Å². The van der Waals surface area contributed by atoms with E-state index in [1.807, 2.05) is 61.5 Å². The van der Waals surface area contributed by atoms with Gasteiger partial charge in [0.2, 0.25) is 5.69 Å². The molecule has 0 atom stereocenters. The van der Waals surface area contributed by atoms with E-state index >= 15 is 0 Å². The molecular formula is C28H28N4O5. The van der Waals surface area contributed by atoms with E-state index in [-0.39, 0.29) is 18.8 Å². The minimum absolute atomic E-state index is 0.0111. The summed E-state index contributed by atoms with van der Waals surface area (Å²) in [5.41, 5.74) is 1.12. The molecule has 1 amide bonds. The number of hydrogen-bond donors (Lipinski definition) is 0. The summed E-state index contributed by atoms with van der Waals surface area (Å²) in [5.74, 6) is 0.243. The molecule has 0 aliphatic heterocycles. The molecule has 0 saturated carbocycles. The van der Waals surface area contributed by atoms with Crippen LogP contribution in [0.3, 0.4) is 0 Å². The molecule has 1 heterocycles. The lowest BCUT2D eigenvalue weighted by Gasteiger charge is -2.18. The number of carbonyl (C=O) groups is 1. The maximum absolute atomic E-state index is 13.6. The molecule has 190 valence electrons. The van der Waals surface area contributed by atoms with E-state index in [1.165, 1.54) is 19.1 Å². The van der Waals surface area contributed by atoms with Gasteiger partial charge in [0.05, 0.1) is 26.5 Å². The number of aromatic nitrogens is 3. The molecule has 9 heteroatoms. The Morgan fingerprint density at radius 3 is 2.27 bits per heavy atom. The molecule has 0 unspecified atom stereocenters. The maximum Gasteiger partial charge on any atom is 0.352 e. The minimum atomic E-state index is -0.755. The molecule has 0 bridgehead atoms. The summed E-state index contributed by atoms with van der Waals surface area (Å²) in [6, 6.07) is 21.7. The van der Waals surface area contributed by atoms with Crippen molar-refractivity contribution in [3.8, 4) is 17.2 Å². The zero-order valence-corrected chi connectivity index (χ0v) is 21.2. The van der Waals surface area contributed by atoms with Crippen molar-refractivity contribution >= 4 is 5.91 Å². The second-order valence-electron chi connectivity index (χ2n) is 8.55. The first-order valence-corrected chi connectivity index (χ1v) is 11.6. The minimum Gasteiger partial charge on any atom is -0.493 e. The van der Waals surface area contributed by atoms with Gasteiger partial charge in [0.15, 0.2) is 11.5 Å². The standard InChI is InChI=1S/C28H28N4O5/c1-19-10-8-9-13-21(19)18-31-27(34)25(26(33)30(2)17-20-11-6-5-7-12-20)29-32(28(31)35)22-14-15-23(36-3)24(16-22)37-4/h5-16H,17-18H2,1-4H3. The second kappa shape index (κ2) is 10.9. The van der Waals surface area contributed by atoms with Crippen LogP contribution in [0.4, 0.5) is 0 Å². The lowest BCUT2D eigenvalue weighted by Crippen LogP contribution is -2.46. The van der Waals surface area contributed by atoms with Gasteiger partial charge in [0.25, 0.3) is 11.5 Å². The number of aryl methyl sites for hydroxylation is 1. The monoisotopic (exact) mass is 500 g/mol. The fourth-order valence-corrected chi connectivity index (χ4v) is 3.98. The Kier molecular flexibility index (Phi) is 7.52. The van der Waals surface area contributed by atoms with Gasteiger partial charge in [-0.15, -0.1) is 0 Å². The molecule has 0 N–H and O–H groups in total. The fourth-order valence-electron chi connectivity index (χ4n) is 3.98. The number of benzene rings is 3. The predicted octanol–water partition coefficient (Wildman–Crippen LogP) is 3.04. The topological polar surface area (TPSA) is 95.7 Å². The highest BCUT2D eigenvalue weighted by Gasteiger charge is 2.24. The summed E-state index contributed by atoms with van der Waals surface area (Å²) in [4.78, 5) is 41.9. The lowest BCUT2D eigenvalue weighted by atomic mass is 10.1. The van der Waals surface area contributed by atoms with Crippen molar-refractivity contribution in [3.63, 3.8) is 0 Å². The number of rotatable bonds is 8. The van der Waals surface area contributed by atoms with Crippen molar-refractivity contribution in [2.24, 2.45) is 0 Å². The summed E-state index contributed by atoms with van der Waals surface area (Å²) in [7, 11) is 4.57. The first-order chi connectivity index (χ1) is 17.8. The first-order valence-electron chi connectivity index (χ1n) is 11.6. The van der Waals surface area contributed by atoms with Crippen LogP contribution in [-0.4, -0.2) is 46.4 Å². The quantitative estimate of drug-likeness (QED) is 0.369. The van der Waals surface area contributed by atoms with Crippen molar-refractivity contribution in [2.45, 2.75) is 20.0 Å². The molecule has 0 saturated heterocycles. The van der Waals surface area contributed by atoms with Crippen LogP contribution in [0.5, 0.6) is 11.5 Å². The highest BCUT2D eigenvalue weighted by molar-refractivity contribution is 5.91. The van der Waals surface area contributed by atoms with Crippen LogP contribution in [0.2, 0.25) is 0 Å². The van der Waals surface area contributed by atoms with Gasteiger partial charge in [-0.2, -0.15) is 9.78 Å². The number of carbonyl (C=O) groups excluding carboxylic acids is 1.